The first-order valence-electron chi connectivity index (χ1n) is 5.54. The molecule has 1 unspecified atom stereocenters. The molecule has 2 rings (SSSR count). The van der Waals surface area contributed by atoms with Crippen LogP contribution in [0.2, 0.25) is 0 Å². The fourth-order valence-electron chi connectivity index (χ4n) is 1.69. The van der Waals surface area contributed by atoms with Gasteiger partial charge in [-0.25, -0.2) is 4.39 Å². The smallest absolute Gasteiger partial charge is 0.295 e. The normalized spacial score (nSPS) is 16.4. The van der Waals surface area contributed by atoms with Crippen LogP contribution in [-0.2, 0) is 0 Å². The molecule has 1 fully saturated rings. The Hall–Kier alpha value is -1.21. The number of nitro benzene ring substituents is 1. The number of hydrogen-bond donors (Lipinski definition) is 2. The van der Waals surface area contributed by atoms with Crippen LogP contribution in [-0.4, -0.2) is 22.7 Å². The zero-order valence-corrected chi connectivity index (χ0v) is 11.0. The summed E-state index contributed by atoms with van der Waals surface area (Å²) in [5, 5.41) is 23.3. The van der Waals surface area contributed by atoms with Crippen molar-refractivity contribution < 1.29 is 14.4 Å². The lowest BCUT2D eigenvalue weighted by Crippen LogP contribution is -2.21. The number of aliphatic hydroxyl groups is 1. The summed E-state index contributed by atoms with van der Waals surface area (Å²) in [7, 11) is 0. The minimum absolute atomic E-state index is 0.150. The Morgan fingerprint density at radius 1 is 1.61 bits per heavy atom. The molecule has 1 aromatic carbocycles. The monoisotopic (exact) mass is 318 g/mol. The van der Waals surface area contributed by atoms with E-state index in [9.17, 15) is 19.6 Å². The molecule has 1 aliphatic carbocycles. The number of rotatable bonds is 5. The van der Waals surface area contributed by atoms with E-state index in [0.717, 1.165) is 18.9 Å². The minimum Gasteiger partial charge on any atom is -0.391 e. The first-order chi connectivity index (χ1) is 8.49. The molecule has 1 saturated carbocycles. The summed E-state index contributed by atoms with van der Waals surface area (Å²) in [6, 6.07) is 2.17. The number of halogens is 2. The third-order valence-corrected chi connectivity index (χ3v) is 3.51. The molecule has 18 heavy (non-hydrogen) atoms. The van der Waals surface area contributed by atoms with Crippen molar-refractivity contribution in [2.24, 2.45) is 5.92 Å². The Bertz CT molecular complexity index is 480. The lowest BCUT2D eigenvalue weighted by atomic mass is 10.2. The van der Waals surface area contributed by atoms with Crippen molar-refractivity contribution in [2.75, 3.05) is 11.9 Å². The summed E-state index contributed by atoms with van der Waals surface area (Å²) < 4.78 is 13.4. The molecule has 0 aromatic heterocycles. The van der Waals surface area contributed by atoms with Crippen molar-refractivity contribution in [3.63, 3.8) is 0 Å². The summed E-state index contributed by atoms with van der Waals surface area (Å²) in [4.78, 5) is 10.1. The van der Waals surface area contributed by atoms with Crippen molar-refractivity contribution in [2.45, 2.75) is 18.9 Å². The van der Waals surface area contributed by atoms with Gasteiger partial charge in [-0.2, -0.15) is 0 Å². The third kappa shape index (κ3) is 2.97. The van der Waals surface area contributed by atoms with Gasteiger partial charge in [-0.1, -0.05) is 0 Å². The summed E-state index contributed by atoms with van der Waals surface area (Å²) in [5.41, 5.74) is -0.133. The Morgan fingerprint density at radius 2 is 2.28 bits per heavy atom. The molecule has 2 N–H and O–H groups in total. The second-order valence-corrected chi connectivity index (χ2v) is 5.18. The van der Waals surface area contributed by atoms with E-state index >= 15 is 0 Å². The topological polar surface area (TPSA) is 75.4 Å². The quantitative estimate of drug-likeness (QED) is 0.646. The molecule has 98 valence electrons. The van der Waals surface area contributed by atoms with E-state index in [1.807, 2.05) is 0 Å². The fraction of sp³-hybridized carbons (Fsp3) is 0.455. The number of nitrogens with one attached hydrogen (secondary N) is 1. The van der Waals surface area contributed by atoms with E-state index < -0.39 is 16.8 Å². The van der Waals surface area contributed by atoms with E-state index in [0.29, 0.717) is 0 Å². The van der Waals surface area contributed by atoms with E-state index in [2.05, 4.69) is 21.2 Å². The number of nitro groups is 1. The standard InChI is InChI=1S/C11H12BrFN2O3/c12-7-3-9(10(15(17)18)4-8(7)13)14-5-11(16)6-1-2-6/h3-4,6,11,14,16H,1-2,5H2. The molecule has 1 aromatic rings. The lowest BCUT2D eigenvalue weighted by Gasteiger charge is -2.12. The molecule has 0 bridgehead atoms. The largest absolute Gasteiger partial charge is 0.391 e. The van der Waals surface area contributed by atoms with Gasteiger partial charge < -0.3 is 10.4 Å². The number of nitrogens with zero attached hydrogens (tertiary/aromatic N) is 1. The lowest BCUT2D eigenvalue weighted by molar-refractivity contribution is -0.384. The zero-order valence-electron chi connectivity index (χ0n) is 9.40. The van der Waals surface area contributed by atoms with Crippen molar-refractivity contribution >= 4 is 27.3 Å². The summed E-state index contributed by atoms with van der Waals surface area (Å²) >= 11 is 2.98. The number of benzene rings is 1. The molecular weight excluding hydrogens is 307 g/mol. The molecule has 7 heteroatoms. The van der Waals surface area contributed by atoms with Gasteiger partial charge in [0.05, 0.1) is 21.6 Å². The summed E-state index contributed by atoms with van der Waals surface area (Å²) in [6.45, 7) is 0.226. The molecule has 0 aliphatic heterocycles. The Kier molecular flexibility index (Phi) is 3.82. The second kappa shape index (κ2) is 5.19. The van der Waals surface area contributed by atoms with Gasteiger partial charge >= 0.3 is 0 Å². The van der Waals surface area contributed by atoms with Gasteiger partial charge in [0, 0.05) is 6.54 Å². The van der Waals surface area contributed by atoms with Crippen LogP contribution in [0.3, 0.4) is 0 Å². The van der Waals surface area contributed by atoms with Crippen LogP contribution >= 0.6 is 15.9 Å². The van der Waals surface area contributed by atoms with Crippen molar-refractivity contribution in [3.8, 4) is 0 Å². The highest BCUT2D eigenvalue weighted by atomic mass is 79.9. The van der Waals surface area contributed by atoms with Gasteiger partial charge in [0.1, 0.15) is 11.5 Å². The molecule has 5 nitrogen and oxygen atoms in total. The van der Waals surface area contributed by atoms with Crippen molar-refractivity contribution in [1.82, 2.24) is 0 Å². The molecule has 0 spiro atoms. The zero-order chi connectivity index (χ0) is 13.3. The van der Waals surface area contributed by atoms with Crippen molar-refractivity contribution in [3.05, 3.63) is 32.5 Å². The van der Waals surface area contributed by atoms with Crippen LogP contribution in [0.25, 0.3) is 0 Å². The number of anilines is 1. The first-order valence-corrected chi connectivity index (χ1v) is 6.33. The Balaban J connectivity index is 2.14. The molecule has 0 saturated heterocycles. The highest BCUT2D eigenvalue weighted by Gasteiger charge is 2.30. The Labute approximate surface area is 111 Å². The van der Waals surface area contributed by atoms with E-state index in [-0.39, 0.29) is 28.3 Å². The van der Waals surface area contributed by atoms with Crippen LogP contribution < -0.4 is 5.32 Å². The van der Waals surface area contributed by atoms with Gasteiger partial charge in [-0.15, -0.1) is 0 Å². The van der Waals surface area contributed by atoms with Gasteiger partial charge in [0.15, 0.2) is 0 Å². The molecule has 0 radical (unpaired) electrons. The first kappa shape index (κ1) is 13.2. The minimum atomic E-state index is -0.685. The predicted molar refractivity (Wildman–Crippen MR) is 68.0 cm³/mol. The van der Waals surface area contributed by atoms with E-state index in [1.165, 1.54) is 6.07 Å². The summed E-state index contributed by atoms with van der Waals surface area (Å²) in [5.74, 6) is -0.407. The number of hydrogen-bond acceptors (Lipinski definition) is 4. The SMILES string of the molecule is O=[N+]([O-])c1cc(F)c(Br)cc1NCC(O)C1CC1. The maximum Gasteiger partial charge on any atom is 0.295 e. The predicted octanol–water partition coefficient (Wildman–Crippen LogP) is 2.68. The second-order valence-electron chi connectivity index (χ2n) is 4.33. The van der Waals surface area contributed by atoms with Crippen molar-refractivity contribution in [1.29, 1.82) is 0 Å². The number of aliphatic hydroxyl groups excluding tert-OH is 1. The van der Waals surface area contributed by atoms with Crippen LogP contribution in [0.15, 0.2) is 16.6 Å². The van der Waals surface area contributed by atoms with E-state index in [4.69, 9.17) is 0 Å². The summed E-state index contributed by atoms with van der Waals surface area (Å²) in [6.07, 6.45) is 1.45. The molecule has 0 amide bonds. The van der Waals surface area contributed by atoms with Crippen LogP contribution in [0.1, 0.15) is 12.8 Å². The maximum atomic E-state index is 13.2. The van der Waals surface area contributed by atoms with Crippen LogP contribution in [0.4, 0.5) is 15.8 Å². The third-order valence-electron chi connectivity index (χ3n) is 2.90. The molecule has 0 heterocycles. The van der Waals surface area contributed by atoms with E-state index in [1.54, 1.807) is 0 Å². The molecule has 1 aliphatic rings. The van der Waals surface area contributed by atoms with Gasteiger partial charge in [-0.05, 0) is 40.8 Å². The van der Waals surface area contributed by atoms with Crippen LogP contribution in [0.5, 0.6) is 0 Å². The van der Waals surface area contributed by atoms with Gasteiger partial charge in [0.2, 0.25) is 0 Å². The molecule has 1 atom stereocenters. The molecular formula is C11H12BrFN2O3. The highest BCUT2D eigenvalue weighted by Crippen LogP contribution is 2.34. The fourth-order valence-corrected chi connectivity index (χ4v) is 2.03. The Morgan fingerprint density at radius 3 is 2.83 bits per heavy atom. The van der Waals surface area contributed by atoms with Gasteiger partial charge in [-0.3, -0.25) is 10.1 Å². The maximum absolute atomic E-state index is 13.2. The average molecular weight is 319 g/mol. The average Bonchev–Trinajstić information content (AvgIpc) is 3.13. The highest BCUT2D eigenvalue weighted by molar-refractivity contribution is 9.10. The van der Waals surface area contributed by atoms with Crippen LogP contribution in [0, 0.1) is 21.8 Å². The van der Waals surface area contributed by atoms with Gasteiger partial charge in [0.25, 0.3) is 5.69 Å².